The van der Waals surface area contributed by atoms with Crippen LogP contribution in [0.25, 0.3) is 0 Å². The van der Waals surface area contributed by atoms with Crippen molar-refractivity contribution in [2.24, 2.45) is 0 Å². The summed E-state index contributed by atoms with van der Waals surface area (Å²) in [6.45, 7) is 4.61. The Kier molecular flexibility index (Phi) is 1.73. The molecule has 13 heavy (non-hydrogen) atoms. The lowest BCUT2D eigenvalue weighted by Gasteiger charge is -2.21. The van der Waals surface area contributed by atoms with Gasteiger partial charge in [-0.15, -0.1) is 0 Å². The molecule has 0 bridgehead atoms. The molecule has 2 heterocycles. The second-order valence-corrected chi connectivity index (χ2v) is 3.63. The summed E-state index contributed by atoms with van der Waals surface area (Å²) in [5, 5.41) is 9.99. The monoisotopic (exact) mass is 179 g/mol. The average Bonchev–Trinajstić information content (AvgIpc) is 2.62. The highest BCUT2D eigenvalue weighted by Crippen LogP contribution is 2.28. The molecule has 1 unspecified atom stereocenters. The van der Waals surface area contributed by atoms with Crippen molar-refractivity contribution in [2.75, 3.05) is 6.54 Å². The van der Waals surface area contributed by atoms with Crippen LogP contribution in [0.5, 0.6) is 0 Å². The Morgan fingerprint density at radius 2 is 2.38 bits per heavy atom. The summed E-state index contributed by atoms with van der Waals surface area (Å²) in [5.74, 6) is 0.247. The van der Waals surface area contributed by atoms with Crippen molar-refractivity contribution in [1.82, 2.24) is 15.5 Å². The highest BCUT2D eigenvalue weighted by atomic mass is 16.1. The Morgan fingerprint density at radius 1 is 1.62 bits per heavy atom. The predicted octanol–water partition coefficient (Wildman–Crippen LogP) is 0.496. The molecule has 0 saturated carbocycles. The highest BCUT2D eigenvalue weighted by molar-refractivity contribution is 5.91. The quantitative estimate of drug-likeness (QED) is 0.660. The molecule has 1 saturated heterocycles. The van der Waals surface area contributed by atoms with Crippen molar-refractivity contribution in [1.29, 1.82) is 0 Å². The van der Waals surface area contributed by atoms with Gasteiger partial charge in [-0.3, -0.25) is 9.89 Å². The van der Waals surface area contributed by atoms with Crippen LogP contribution in [0.15, 0.2) is 6.20 Å². The first-order chi connectivity index (χ1) is 6.14. The number of carbonyl (C=O) groups excluding carboxylic acids is 1. The van der Waals surface area contributed by atoms with E-state index in [0.29, 0.717) is 6.42 Å². The van der Waals surface area contributed by atoms with Crippen LogP contribution < -0.4 is 5.32 Å². The number of nitrogens with one attached hydrogen (secondary N) is 2. The van der Waals surface area contributed by atoms with E-state index in [9.17, 15) is 4.79 Å². The van der Waals surface area contributed by atoms with Gasteiger partial charge in [-0.25, -0.2) is 0 Å². The Bertz CT molecular complexity index is 344. The maximum Gasteiger partial charge on any atom is 0.158 e. The largest absolute Gasteiger partial charge is 0.301 e. The SMILES string of the molecule is Cc1[nH]ncc1C1(C)NCCC1=O. The van der Waals surface area contributed by atoms with Crippen LogP contribution in [0.4, 0.5) is 0 Å². The minimum absolute atomic E-state index is 0.247. The van der Waals surface area contributed by atoms with E-state index in [1.54, 1.807) is 6.20 Å². The van der Waals surface area contributed by atoms with Crippen molar-refractivity contribution < 1.29 is 4.79 Å². The Labute approximate surface area is 76.7 Å². The molecule has 4 heteroatoms. The van der Waals surface area contributed by atoms with Crippen LogP contribution in [-0.4, -0.2) is 22.5 Å². The summed E-state index contributed by atoms with van der Waals surface area (Å²) in [5.41, 5.74) is 1.41. The van der Waals surface area contributed by atoms with Gasteiger partial charge in [-0.05, 0) is 13.8 Å². The number of hydrogen-bond donors (Lipinski definition) is 2. The van der Waals surface area contributed by atoms with E-state index < -0.39 is 5.54 Å². The highest BCUT2D eigenvalue weighted by Gasteiger charge is 2.40. The van der Waals surface area contributed by atoms with Gasteiger partial charge < -0.3 is 5.32 Å². The summed E-state index contributed by atoms with van der Waals surface area (Å²) >= 11 is 0. The molecule has 1 fully saturated rings. The summed E-state index contributed by atoms with van der Waals surface area (Å²) < 4.78 is 0. The van der Waals surface area contributed by atoms with Crippen molar-refractivity contribution in [2.45, 2.75) is 25.8 Å². The third-order valence-corrected chi connectivity index (χ3v) is 2.76. The van der Waals surface area contributed by atoms with E-state index >= 15 is 0 Å². The van der Waals surface area contributed by atoms with Crippen LogP contribution in [0, 0.1) is 6.92 Å². The van der Waals surface area contributed by atoms with Crippen molar-refractivity contribution in [3.63, 3.8) is 0 Å². The summed E-state index contributed by atoms with van der Waals surface area (Å²) in [6.07, 6.45) is 2.34. The normalized spacial score (nSPS) is 28.3. The van der Waals surface area contributed by atoms with Crippen LogP contribution in [-0.2, 0) is 10.3 Å². The van der Waals surface area contributed by atoms with E-state index in [1.165, 1.54) is 0 Å². The molecule has 0 aromatic carbocycles. The van der Waals surface area contributed by atoms with Gasteiger partial charge in [-0.2, -0.15) is 5.10 Å². The minimum atomic E-state index is -0.517. The molecule has 0 aliphatic carbocycles. The minimum Gasteiger partial charge on any atom is -0.301 e. The number of aryl methyl sites for hydroxylation is 1. The fourth-order valence-electron chi connectivity index (χ4n) is 1.87. The summed E-state index contributed by atoms with van der Waals surface area (Å²) in [4.78, 5) is 11.6. The predicted molar refractivity (Wildman–Crippen MR) is 48.3 cm³/mol. The van der Waals surface area contributed by atoms with Crippen molar-refractivity contribution in [3.05, 3.63) is 17.5 Å². The first kappa shape index (κ1) is 8.44. The zero-order valence-electron chi connectivity index (χ0n) is 7.85. The molecule has 70 valence electrons. The molecule has 2 N–H and O–H groups in total. The van der Waals surface area contributed by atoms with E-state index in [0.717, 1.165) is 17.8 Å². The van der Waals surface area contributed by atoms with Crippen LogP contribution >= 0.6 is 0 Å². The number of ketones is 1. The van der Waals surface area contributed by atoms with Crippen LogP contribution in [0.1, 0.15) is 24.6 Å². The first-order valence-electron chi connectivity index (χ1n) is 4.43. The maximum atomic E-state index is 11.6. The number of carbonyl (C=O) groups is 1. The molecule has 0 amide bonds. The molecular weight excluding hydrogens is 166 g/mol. The molecule has 0 radical (unpaired) electrons. The van der Waals surface area contributed by atoms with Gasteiger partial charge in [0.25, 0.3) is 0 Å². The molecular formula is C9H13N3O. The number of aromatic amines is 1. The number of Topliss-reactive ketones (excluding diaryl/α,β-unsaturated/α-hetero) is 1. The van der Waals surface area contributed by atoms with Gasteiger partial charge in [-0.1, -0.05) is 0 Å². The molecule has 1 aliphatic rings. The van der Waals surface area contributed by atoms with Gasteiger partial charge in [0.2, 0.25) is 0 Å². The zero-order valence-corrected chi connectivity index (χ0v) is 7.85. The van der Waals surface area contributed by atoms with E-state index in [2.05, 4.69) is 15.5 Å². The lowest BCUT2D eigenvalue weighted by molar-refractivity contribution is -0.122. The van der Waals surface area contributed by atoms with Gasteiger partial charge in [0.1, 0.15) is 5.54 Å². The third kappa shape index (κ3) is 1.09. The molecule has 1 aromatic heterocycles. The Balaban J connectivity index is 2.45. The molecule has 4 nitrogen and oxygen atoms in total. The fraction of sp³-hybridized carbons (Fsp3) is 0.556. The Hall–Kier alpha value is -1.16. The smallest absolute Gasteiger partial charge is 0.158 e. The van der Waals surface area contributed by atoms with Gasteiger partial charge in [0, 0.05) is 24.2 Å². The third-order valence-electron chi connectivity index (χ3n) is 2.76. The molecule has 1 aromatic rings. The van der Waals surface area contributed by atoms with E-state index in [-0.39, 0.29) is 5.78 Å². The maximum absolute atomic E-state index is 11.6. The lowest BCUT2D eigenvalue weighted by atomic mass is 9.90. The number of aromatic nitrogens is 2. The summed E-state index contributed by atoms with van der Waals surface area (Å²) in [6, 6.07) is 0. The fourth-order valence-corrected chi connectivity index (χ4v) is 1.87. The summed E-state index contributed by atoms with van der Waals surface area (Å²) in [7, 11) is 0. The van der Waals surface area contributed by atoms with Gasteiger partial charge in [0.05, 0.1) is 6.20 Å². The topological polar surface area (TPSA) is 57.8 Å². The number of hydrogen-bond acceptors (Lipinski definition) is 3. The second kappa shape index (κ2) is 2.67. The number of H-pyrrole nitrogens is 1. The number of rotatable bonds is 1. The molecule has 1 aliphatic heterocycles. The van der Waals surface area contributed by atoms with Crippen molar-refractivity contribution >= 4 is 5.78 Å². The van der Waals surface area contributed by atoms with E-state index in [4.69, 9.17) is 0 Å². The average molecular weight is 179 g/mol. The van der Waals surface area contributed by atoms with Gasteiger partial charge >= 0.3 is 0 Å². The molecule has 2 rings (SSSR count). The van der Waals surface area contributed by atoms with Gasteiger partial charge in [0.15, 0.2) is 5.78 Å². The molecule has 1 atom stereocenters. The van der Waals surface area contributed by atoms with Crippen LogP contribution in [0.2, 0.25) is 0 Å². The number of nitrogens with zero attached hydrogens (tertiary/aromatic N) is 1. The molecule has 0 spiro atoms. The zero-order chi connectivity index (χ0) is 9.47. The van der Waals surface area contributed by atoms with Crippen LogP contribution in [0.3, 0.4) is 0 Å². The van der Waals surface area contributed by atoms with Crippen molar-refractivity contribution in [3.8, 4) is 0 Å². The second-order valence-electron chi connectivity index (χ2n) is 3.63. The standard InChI is InChI=1S/C9H13N3O/c1-6-7(5-11-12-6)9(2)8(13)3-4-10-9/h5,10H,3-4H2,1-2H3,(H,11,12). The first-order valence-corrected chi connectivity index (χ1v) is 4.43. The Morgan fingerprint density at radius 3 is 2.85 bits per heavy atom. The van der Waals surface area contributed by atoms with E-state index in [1.807, 2.05) is 13.8 Å². The lowest BCUT2D eigenvalue weighted by Crippen LogP contribution is -2.39.